The average Bonchev–Trinajstić information content (AvgIpc) is 3.03. The third-order valence-corrected chi connectivity index (χ3v) is 6.02. The van der Waals surface area contributed by atoms with E-state index in [-0.39, 0.29) is 5.82 Å². The van der Waals surface area contributed by atoms with Crippen molar-refractivity contribution in [2.45, 2.75) is 50.2 Å². The number of hydrogen-bond acceptors (Lipinski definition) is 5. The summed E-state index contributed by atoms with van der Waals surface area (Å²) < 4.78 is 12.9. The van der Waals surface area contributed by atoms with E-state index in [1.54, 1.807) is 23.5 Å². The average molecular weight is 332 g/mol. The molecule has 1 N–H and O–H groups in total. The summed E-state index contributed by atoms with van der Waals surface area (Å²) in [6.45, 7) is 0. The van der Waals surface area contributed by atoms with Crippen LogP contribution in [-0.4, -0.2) is 40.3 Å². The van der Waals surface area contributed by atoms with Crippen LogP contribution in [0.1, 0.15) is 36.3 Å². The van der Waals surface area contributed by atoms with Gasteiger partial charge >= 0.3 is 0 Å². The lowest BCUT2D eigenvalue weighted by molar-refractivity contribution is 0.169. The summed E-state index contributed by atoms with van der Waals surface area (Å²) in [7, 11) is 2.25. The summed E-state index contributed by atoms with van der Waals surface area (Å²) in [6, 6.07) is 8.54. The highest BCUT2D eigenvalue weighted by molar-refractivity contribution is 7.15. The lowest BCUT2D eigenvalue weighted by atomic mass is 9.98. The minimum absolute atomic E-state index is 0.203. The first-order valence-corrected chi connectivity index (χ1v) is 9.04. The summed E-state index contributed by atoms with van der Waals surface area (Å²) >= 11 is 1.61. The quantitative estimate of drug-likeness (QED) is 0.933. The van der Waals surface area contributed by atoms with Crippen LogP contribution in [0, 0.1) is 5.82 Å². The highest BCUT2D eigenvalue weighted by Crippen LogP contribution is 2.35. The van der Waals surface area contributed by atoms with Crippen LogP contribution in [0.5, 0.6) is 0 Å². The molecule has 0 aliphatic carbocycles. The predicted molar refractivity (Wildman–Crippen MR) is 90.3 cm³/mol. The van der Waals surface area contributed by atoms with Gasteiger partial charge in [0.2, 0.25) is 5.13 Å². The molecule has 0 radical (unpaired) electrons. The number of hydrogen-bond donors (Lipinski definition) is 1. The number of nitrogens with one attached hydrogen (secondary N) is 1. The molecule has 2 aliphatic heterocycles. The molecule has 6 heteroatoms. The van der Waals surface area contributed by atoms with Gasteiger partial charge in [0.25, 0.3) is 0 Å². The number of benzene rings is 1. The molecule has 0 amide bonds. The van der Waals surface area contributed by atoms with Crippen LogP contribution < -0.4 is 5.32 Å². The topological polar surface area (TPSA) is 41.0 Å². The fourth-order valence-corrected chi connectivity index (χ4v) is 4.72. The van der Waals surface area contributed by atoms with Crippen molar-refractivity contribution in [2.75, 3.05) is 12.4 Å². The number of nitrogens with zero attached hydrogens (tertiary/aromatic N) is 3. The van der Waals surface area contributed by atoms with Crippen LogP contribution in [0.25, 0.3) is 0 Å². The SMILES string of the molecule is CN1C2CCC1CC(Nc1nnc(Cc3ccc(F)cc3)s1)C2. The molecule has 2 aromatic rings. The smallest absolute Gasteiger partial charge is 0.205 e. The molecule has 1 aromatic carbocycles. The van der Waals surface area contributed by atoms with E-state index in [0.29, 0.717) is 12.5 Å². The van der Waals surface area contributed by atoms with Gasteiger partial charge < -0.3 is 10.2 Å². The van der Waals surface area contributed by atoms with E-state index in [0.717, 1.165) is 27.8 Å². The Morgan fingerprint density at radius 1 is 1.17 bits per heavy atom. The Bertz CT molecular complexity index is 657. The van der Waals surface area contributed by atoms with Gasteiger partial charge in [-0.05, 0) is 50.4 Å². The Morgan fingerprint density at radius 2 is 1.87 bits per heavy atom. The molecule has 122 valence electrons. The molecular formula is C17H21FN4S. The fraction of sp³-hybridized carbons (Fsp3) is 0.529. The monoisotopic (exact) mass is 332 g/mol. The van der Waals surface area contributed by atoms with Gasteiger partial charge in [-0.2, -0.15) is 0 Å². The van der Waals surface area contributed by atoms with Gasteiger partial charge in [-0.25, -0.2) is 4.39 Å². The third kappa shape index (κ3) is 3.23. The summed E-state index contributed by atoms with van der Waals surface area (Å²) in [4.78, 5) is 2.54. The predicted octanol–water partition coefficient (Wildman–Crippen LogP) is 3.31. The first-order valence-electron chi connectivity index (χ1n) is 8.22. The maximum Gasteiger partial charge on any atom is 0.205 e. The van der Waals surface area contributed by atoms with E-state index in [2.05, 4.69) is 27.5 Å². The largest absolute Gasteiger partial charge is 0.357 e. The van der Waals surface area contributed by atoms with E-state index in [1.807, 2.05) is 0 Å². The number of halogens is 1. The maximum absolute atomic E-state index is 12.9. The second kappa shape index (κ2) is 6.17. The number of anilines is 1. The van der Waals surface area contributed by atoms with E-state index in [9.17, 15) is 4.39 Å². The van der Waals surface area contributed by atoms with Crippen molar-refractivity contribution in [3.05, 3.63) is 40.7 Å². The zero-order chi connectivity index (χ0) is 15.8. The highest BCUT2D eigenvalue weighted by atomic mass is 32.1. The van der Waals surface area contributed by atoms with Crippen molar-refractivity contribution in [2.24, 2.45) is 0 Å². The molecule has 4 rings (SSSR count). The van der Waals surface area contributed by atoms with Crippen molar-refractivity contribution in [1.82, 2.24) is 15.1 Å². The third-order valence-electron chi connectivity index (χ3n) is 5.16. The van der Waals surface area contributed by atoms with E-state index >= 15 is 0 Å². The molecular weight excluding hydrogens is 311 g/mol. The van der Waals surface area contributed by atoms with Gasteiger partial charge in [-0.15, -0.1) is 10.2 Å². The van der Waals surface area contributed by atoms with Gasteiger partial charge in [-0.3, -0.25) is 0 Å². The van der Waals surface area contributed by atoms with Gasteiger partial charge in [0.15, 0.2) is 0 Å². The Kier molecular flexibility index (Phi) is 4.03. The Balaban J connectivity index is 1.38. The highest BCUT2D eigenvalue weighted by Gasteiger charge is 2.38. The molecule has 2 unspecified atom stereocenters. The Morgan fingerprint density at radius 3 is 2.57 bits per heavy atom. The standard InChI is InChI=1S/C17H21FN4S/c1-22-14-6-7-15(22)10-13(9-14)19-17-21-20-16(23-17)8-11-2-4-12(18)5-3-11/h2-5,13-15H,6-10H2,1H3,(H,19,21). The van der Waals surface area contributed by atoms with Gasteiger partial charge in [0, 0.05) is 24.5 Å². The molecule has 4 nitrogen and oxygen atoms in total. The van der Waals surface area contributed by atoms with Crippen molar-refractivity contribution >= 4 is 16.5 Å². The van der Waals surface area contributed by atoms with Crippen molar-refractivity contribution < 1.29 is 4.39 Å². The molecule has 2 saturated heterocycles. The van der Waals surface area contributed by atoms with Gasteiger partial charge in [0.05, 0.1) is 0 Å². The zero-order valence-electron chi connectivity index (χ0n) is 13.2. The second-order valence-electron chi connectivity index (χ2n) is 6.67. The van der Waals surface area contributed by atoms with E-state index in [1.165, 1.54) is 37.8 Å². The van der Waals surface area contributed by atoms with Crippen LogP contribution in [-0.2, 0) is 6.42 Å². The molecule has 3 heterocycles. The summed E-state index contributed by atoms with van der Waals surface area (Å²) in [5, 5.41) is 14.0. The van der Waals surface area contributed by atoms with Gasteiger partial charge in [0.1, 0.15) is 10.8 Å². The fourth-order valence-electron chi connectivity index (χ4n) is 3.86. The van der Waals surface area contributed by atoms with Crippen LogP contribution in [0.15, 0.2) is 24.3 Å². The molecule has 0 spiro atoms. The first-order chi connectivity index (χ1) is 11.2. The second-order valence-corrected chi connectivity index (χ2v) is 7.73. The molecule has 23 heavy (non-hydrogen) atoms. The Hall–Kier alpha value is -1.53. The minimum Gasteiger partial charge on any atom is -0.357 e. The van der Waals surface area contributed by atoms with Crippen LogP contribution >= 0.6 is 11.3 Å². The number of aromatic nitrogens is 2. The molecule has 2 bridgehead atoms. The first kappa shape index (κ1) is 15.0. The lowest BCUT2D eigenvalue weighted by Crippen LogP contribution is -2.44. The molecule has 2 atom stereocenters. The van der Waals surface area contributed by atoms with Crippen LogP contribution in [0.3, 0.4) is 0 Å². The summed E-state index contributed by atoms with van der Waals surface area (Å²) in [6.07, 6.45) is 5.74. The van der Waals surface area contributed by atoms with Crippen molar-refractivity contribution in [3.63, 3.8) is 0 Å². The Labute approximate surface area is 139 Å². The van der Waals surface area contributed by atoms with E-state index in [4.69, 9.17) is 0 Å². The van der Waals surface area contributed by atoms with Crippen LogP contribution in [0.4, 0.5) is 9.52 Å². The van der Waals surface area contributed by atoms with Crippen molar-refractivity contribution in [1.29, 1.82) is 0 Å². The maximum atomic E-state index is 12.9. The zero-order valence-corrected chi connectivity index (χ0v) is 14.0. The number of piperidine rings is 1. The molecule has 2 fully saturated rings. The lowest BCUT2D eigenvalue weighted by Gasteiger charge is -2.36. The molecule has 0 saturated carbocycles. The molecule has 2 aliphatic rings. The summed E-state index contributed by atoms with van der Waals surface area (Å²) in [5.74, 6) is -0.203. The normalized spacial score (nSPS) is 27.3. The number of rotatable bonds is 4. The molecule has 1 aromatic heterocycles. The van der Waals surface area contributed by atoms with Crippen LogP contribution in [0.2, 0.25) is 0 Å². The minimum atomic E-state index is -0.203. The van der Waals surface area contributed by atoms with E-state index < -0.39 is 0 Å². The van der Waals surface area contributed by atoms with Gasteiger partial charge in [-0.1, -0.05) is 23.5 Å². The number of fused-ring (bicyclic) bond motifs is 2. The summed E-state index contributed by atoms with van der Waals surface area (Å²) in [5.41, 5.74) is 1.06. The van der Waals surface area contributed by atoms with Crippen molar-refractivity contribution in [3.8, 4) is 0 Å².